The Balaban J connectivity index is 0.00000180. The molecule has 0 N–H and O–H groups in total. The second-order valence-corrected chi connectivity index (χ2v) is 14.1. The molecule has 0 aromatic heterocycles. The molecule has 0 bridgehead atoms. The molecule has 2 aliphatic carbocycles. The summed E-state index contributed by atoms with van der Waals surface area (Å²) in [7, 11) is 0. The summed E-state index contributed by atoms with van der Waals surface area (Å²) >= 11 is 1.44. The molecular weight excluding hydrogens is 727 g/mol. The van der Waals surface area contributed by atoms with E-state index in [1.807, 2.05) is 0 Å². The van der Waals surface area contributed by atoms with Gasteiger partial charge < -0.3 is 24.8 Å². The molecule has 0 heterocycles. The molecule has 8 aromatic carbocycles. The molecule has 0 atom stereocenters. The molecule has 0 unspecified atom stereocenters. The molecule has 50 heavy (non-hydrogen) atoms. The molecular formula is C47H29Cl2Zr. The Kier molecular flexibility index (Phi) is 8.49. The summed E-state index contributed by atoms with van der Waals surface area (Å²) in [5.41, 5.74) is 10.8. The molecule has 0 fully saturated rings. The molecule has 3 heteroatoms. The summed E-state index contributed by atoms with van der Waals surface area (Å²) in [5, 5.41) is 13.1. The van der Waals surface area contributed by atoms with Crippen molar-refractivity contribution in [3.8, 4) is 11.1 Å². The second kappa shape index (κ2) is 13.0. The van der Waals surface area contributed by atoms with Gasteiger partial charge in [-0.15, -0.1) is 0 Å². The Morgan fingerprint density at radius 1 is 0.440 bits per heavy atom. The van der Waals surface area contributed by atoms with Gasteiger partial charge in [0.15, 0.2) is 0 Å². The Bertz CT molecular complexity index is 2790. The van der Waals surface area contributed by atoms with E-state index in [0.717, 1.165) is 6.42 Å². The van der Waals surface area contributed by atoms with Gasteiger partial charge in [-0.3, -0.25) is 0 Å². The van der Waals surface area contributed by atoms with Crippen LogP contribution < -0.4 is 35.3 Å². The standard InChI is InChI=1S/C47H29.2ClH.Zr/c1-2-16-32(15-1)44-42(28-27-33-29-43-38-23-8-7-21-36(38)37-22-9-10-24-41(37)47(43)45(33)44)46(39-25-11-17-30-13-3-5-19-34(30)39)40-26-12-18-31-14-4-6-20-35(31)40;;;/h1-15,17-28H,16H2;2*1H;/q;;;+2/p-2. The first-order valence-electron chi connectivity index (χ1n) is 16.7. The number of hydrogen-bond donors (Lipinski definition) is 0. The Morgan fingerprint density at radius 2 is 0.940 bits per heavy atom. The zero-order valence-electron chi connectivity index (χ0n) is 27.1. The predicted molar refractivity (Wildman–Crippen MR) is 200 cm³/mol. The van der Waals surface area contributed by atoms with E-state index in [9.17, 15) is 0 Å². The SMILES string of the molecule is [Cl-].[Cl-].[Zr+2][C]1=c2ccc(=C(c3cccc4ccccc34)c3cccc4ccccc34)c(C3=CC=CC3)c2-c2c1c1ccccc1c1ccccc21. The number of rotatable bonds is 3. The molecule has 0 aliphatic heterocycles. The van der Waals surface area contributed by atoms with E-state index in [-0.39, 0.29) is 24.8 Å². The van der Waals surface area contributed by atoms with Gasteiger partial charge in [0.1, 0.15) is 0 Å². The van der Waals surface area contributed by atoms with Crippen LogP contribution >= 0.6 is 0 Å². The van der Waals surface area contributed by atoms with Crippen molar-refractivity contribution in [2.45, 2.75) is 6.42 Å². The van der Waals surface area contributed by atoms with E-state index >= 15 is 0 Å². The molecule has 0 radical (unpaired) electrons. The van der Waals surface area contributed by atoms with Crippen molar-refractivity contribution in [2.75, 3.05) is 0 Å². The van der Waals surface area contributed by atoms with Crippen LogP contribution in [0.4, 0.5) is 0 Å². The van der Waals surface area contributed by atoms with Gasteiger partial charge in [0, 0.05) is 0 Å². The Morgan fingerprint density at radius 3 is 1.50 bits per heavy atom. The molecule has 0 amide bonds. The number of halogens is 2. The molecule has 0 saturated heterocycles. The van der Waals surface area contributed by atoms with Crippen molar-refractivity contribution in [1.29, 1.82) is 0 Å². The predicted octanol–water partition coefficient (Wildman–Crippen LogP) is 4.58. The van der Waals surface area contributed by atoms with E-state index in [0.29, 0.717) is 0 Å². The third-order valence-corrected chi connectivity index (χ3v) is 11.7. The number of fused-ring (bicyclic) bond motifs is 10. The molecule has 0 nitrogen and oxygen atoms in total. The van der Waals surface area contributed by atoms with E-state index in [2.05, 4.69) is 164 Å². The maximum absolute atomic E-state index is 2.44. The minimum absolute atomic E-state index is 0. The first-order chi connectivity index (χ1) is 23.8. The summed E-state index contributed by atoms with van der Waals surface area (Å²) in [6.45, 7) is 0. The fourth-order valence-corrected chi connectivity index (χ4v) is 9.51. The molecule has 235 valence electrons. The van der Waals surface area contributed by atoms with Gasteiger partial charge in [-0.05, 0) is 0 Å². The van der Waals surface area contributed by atoms with Crippen molar-refractivity contribution in [1.82, 2.24) is 0 Å². The van der Waals surface area contributed by atoms with Crippen LogP contribution in [0.3, 0.4) is 0 Å². The van der Waals surface area contributed by atoms with Crippen LogP contribution in [0.25, 0.3) is 68.6 Å². The molecule has 8 aromatic rings. The van der Waals surface area contributed by atoms with E-state index in [1.165, 1.54) is 126 Å². The molecule has 0 spiro atoms. The van der Waals surface area contributed by atoms with Gasteiger partial charge in [0.05, 0.1) is 0 Å². The first-order valence-corrected chi connectivity index (χ1v) is 17.9. The third kappa shape index (κ3) is 4.83. The van der Waals surface area contributed by atoms with E-state index in [1.54, 1.807) is 0 Å². The molecule has 2 aliphatic rings. The topological polar surface area (TPSA) is 0 Å². The Hall–Kier alpha value is -4.52. The summed E-state index contributed by atoms with van der Waals surface area (Å²) in [5.74, 6) is 0. The number of benzene rings is 8. The average Bonchev–Trinajstić information content (AvgIpc) is 3.79. The molecule has 10 rings (SSSR count). The number of hydrogen-bond acceptors (Lipinski definition) is 0. The van der Waals surface area contributed by atoms with Crippen LogP contribution in [0.5, 0.6) is 0 Å². The monoisotopic (exact) mass is 753 g/mol. The third-order valence-electron chi connectivity index (χ3n) is 10.4. The van der Waals surface area contributed by atoms with Gasteiger partial charge in [-0.2, -0.15) is 0 Å². The van der Waals surface area contributed by atoms with Gasteiger partial charge >= 0.3 is 296 Å². The summed E-state index contributed by atoms with van der Waals surface area (Å²) in [6, 6.07) is 54.2. The summed E-state index contributed by atoms with van der Waals surface area (Å²) in [6.07, 6.45) is 7.83. The van der Waals surface area contributed by atoms with Gasteiger partial charge in [-0.25, -0.2) is 0 Å². The van der Waals surface area contributed by atoms with Crippen molar-refractivity contribution in [2.24, 2.45) is 0 Å². The Labute approximate surface area is 318 Å². The van der Waals surface area contributed by atoms with E-state index in [4.69, 9.17) is 0 Å². The minimum atomic E-state index is 0. The van der Waals surface area contributed by atoms with Crippen LogP contribution in [-0.4, -0.2) is 0 Å². The summed E-state index contributed by atoms with van der Waals surface area (Å²) < 4.78 is 1.45. The fourth-order valence-electron chi connectivity index (χ4n) is 8.36. The van der Waals surface area contributed by atoms with Crippen LogP contribution in [0.2, 0.25) is 0 Å². The van der Waals surface area contributed by atoms with Crippen LogP contribution in [0.15, 0.2) is 164 Å². The van der Waals surface area contributed by atoms with Gasteiger partial charge in [-0.1, -0.05) is 0 Å². The second-order valence-electron chi connectivity index (χ2n) is 12.9. The van der Waals surface area contributed by atoms with Crippen LogP contribution in [0, 0.1) is 0 Å². The summed E-state index contributed by atoms with van der Waals surface area (Å²) in [4.78, 5) is 0. The van der Waals surface area contributed by atoms with Crippen molar-refractivity contribution in [3.63, 3.8) is 0 Å². The first kappa shape index (κ1) is 32.7. The normalized spacial score (nSPS) is 12.9. The van der Waals surface area contributed by atoms with Crippen molar-refractivity contribution in [3.05, 3.63) is 197 Å². The average molecular weight is 756 g/mol. The van der Waals surface area contributed by atoms with Crippen LogP contribution in [-0.2, 0) is 24.7 Å². The van der Waals surface area contributed by atoms with Crippen molar-refractivity contribution >= 4 is 57.5 Å². The number of allylic oxidation sites excluding steroid dienone is 4. The quantitative estimate of drug-likeness (QED) is 0.232. The zero-order valence-corrected chi connectivity index (χ0v) is 31.0. The zero-order chi connectivity index (χ0) is 31.8. The van der Waals surface area contributed by atoms with Crippen LogP contribution in [0.1, 0.15) is 28.7 Å². The fraction of sp³-hybridized carbons (Fsp3) is 0.0213. The van der Waals surface area contributed by atoms with Crippen molar-refractivity contribution < 1.29 is 49.5 Å². The molecule has 0 saturated carbocycles. The van der Waals surface area contributed by atoms with E-state index < -0.39 is 0 Å². The van der Waals surface area contributed by atoms with Gasteiger partial charge in [0.2, 0.25) is 0 Å². The maximum atomic E-state index is 2.44. The van der Waals surface area contributed by atoms with Gasteiger partial charge in [0.25, 0.3) is 0 Å².